The van der Waals surface area contributed by atoms with Crippen LogP contribution < -0.4 is 10.7 Å². The molecule has 0 aliphatic rings. The summed E-state index contributed by atoms with van der Waals surface area (Å²) in [7, 11) is 1.90. The SMILES string of the molecule is Cc1ccnc([S][Sn]([c]2ccccc2)([c]2ccccc2)[c]2ccccc2)n1. The minimum atomic E-state index is -3.40. The molecule has 0 spiro atoms. The maximum absolute atomic E-state index is 4.74. The normalized spacial score (nSPS) is 11.3. The van der Waals surface area contributed by atoms with Crippen molar-refractivity contribution in [1.82, 2.24) is 9.97 Å². The van der Waals surface area contributed by atoms with E-state index in [1.165, 1.54) is 10.7 Å². The van der Waals surface area contributed by atoms with Crippen molar-refractivity contribution in [1.29, 1.82) is 0 Å². The minimum absolute atomic E-state index is 0.863. The average Bonchev–Trinajstić information content (AvgIpc) is 2.74. The molecule has 0 bridgehead atoms. The van der Waals surface area contributed by atoms with Crippen molar-refractivity contribution in [2.24, 2.45) is 0 Å². The number of hydrogen-bond acceptors (Lipinski definition) is 3. The van der Waals surface area contributed by atoms with E-state index in [1.807, 2.05) is 28.1 Å². The molecule has 0 amide bonds. The van der Waals surface area contributed by atoms with E-state index >= 15 is 0 Å². The summed E-state index contributed by atoms with van der Waals surface area (Å²) in [6, 6.07) is 34.7. The summed E-state index contributed by atoms with van der Waals surface area (Å²) in [5, 5.41) is 0.863. The summed E-state index contributed by atoms with van der Waals surface area (Å²) in [6.07, 6.45) is 1.86. The van der Waals surface area contributed by atoms with Crippen molar-refractivity contribution in [2.45, 2.75) is 12.1 Å². The number of aryl methyl sites for hydroxylation is 1. The predicted molar refractivity (Wildman–Crippen MR) is 117 cm³/mol. The van der Waals surface area contributed by atoms with Gasteiger partial charge in [0.1, 0.15) is 0 Å². The molecule has 27 heavy (non-hydrogen) atoms. The van der Waals surface area contributed by atoms with Gasteiger partial charge in [0.2, 0.25) is 0 Å². The first-order valence-corrected chi connectivity index (χ1v) is 17.5. The van der Waals surface area contributed by atoms with E-state index in [4.69, 9.17) is 4.98 Å². The first kappa shape index (κ1) is 18.3. The quantitative estimate of drug-likeness (QED) is 0.327. The Kier molecular flexibility index (Phi) is 5.60. The third-order valence-corrected chi connectivity index (χ3v) is 24.0. The van der Waals surface area contributed by atoms with E-state index in [1.54, 1.807) is 0 Å². The van der Waals surface area contributed by atoms with E-state index in [0.29, 0.717) is 0 Å². The third kappa shape index (κ3) is 3.80. The molecule has 0 aliphatic heterocycles. The molecule has 0 radical (unpaired) electrons. The number of benzene rings is 3. The monoisotopic (exact) mass is 476 g/mol. The van der Waals surface area contributed by atoms with Gasteiger partial charge < -0.3 is 0 Å². The second kappa shape index (κ2) is 8.28. The van der Waals surface area contributed by atoms with Crippen LogP contribution in [0.2, 0.25) is 0 Å². The molecule has 2 nitrogen and oxygen atoms in total. The van der Waals surface area contributed by atoms with Crippen LogP contribution in [0.3, 0.4) is 0 Å². The van der Waals surface area contributed by atoms with Crippen LogP contribution in [0.25, 0.3) is 0 Å². The maximum atomic E-state index is 4.74. The first-order valence-electron chi connectivity index (χ1n) is 8.94. The van der Waals surface area contributed by atoms with Gasteiger partial charge in [0.25, 0.3) is 0 Å². The van der Waals surface area contributed by atoms with Gasteiger partial charge in [-0.15, -0.1) is 0 Å². The van der Waals surface area contributed by atoms with Crippen molar-refractivity contribution in [3.63, 3.8) is 0 Å². The molecule has 132 valence electrons. The van der Waals surface area contributed by atoms with Crippen LogP contribution in [-0.2, 0) is 0 Å². The zero-order chi connectivity index (χ0) is 18.5. The molecule has 0 aliphatic carbocycles. The molecule has 4 rings (SSSR count). The Labute approximate surface area is 167 Å². The topological polar surface area (TPSA) is 25.8 Å². The second-order valence-electron chi connectivity index (χ2n) is 6.36. The Balaban J connectivity index is 2.00. The zero-order valence-electron chi connectivity index (χ0n) is 15.1. The first-order chi connectivity index (χ1) is 13.3. The summed E-state index contributed by atoms with van der Waals surface area (Å²) in [4.78, 5) is 9.34. The Morgan fingerprint density at radius 3 is 1.48 bits per heavy atom. The summed E-state index contributed by atoms with van der Waals surface area (Å²) in [5.74, 6) is 0. The molecule has 0 atom stereocenters. The van der Waals surface area contributed by atoms with Crippen LogP contribution in [0.5, 0.6) is 0 Å². The molecule has 0 fully saturated rings. The fourth-order valence-corrected chi connectivity index (χ4v) is 21.7. The van der Waals surface area contributed by atoms with Gasteiger partial charge in [0, 0.05) is 0 Å². The van der Waals surface area contributed by atoms with Crippen LogP contribution in [0.1, 0.15) is 5.69 Å². The number of hydrogen-bond donors (Lipinski definition) is 0. The fourth-order valence-electron chi connectivity index (χ4n) is 3.31. The Morgan fingerprint density at radius 1 is 0.630 bits per heavy atom. The van der Waals surface area contributed by atoms with E-state index in [-0.39, 0.29) is 0 Å². The van der Waals surface area contributed by atoms with Gasteiger partial charge in [-0.25, -0.2) is 0 Å². The number of aromatic nitrogens is 2. The van der Waals surface area contributed by atoms with Gasteiger partial charge in [-0.2, -0.15) is 0 Å². The number of nitrogens with zero attached hydrogens (tertiary/aromatic N) is 2. The fraction of sp³-hybridized carbons (Fsp3) is 0.0435. The molecule has 0 N–H and O–H groups in total. The Hall–Kier alpha value is -2.11. The Bertz CT molecular complexity index is 911. The summed E-state index contributed by atoms with van der Waals surface area (Å²) in [6.45, 7) is 2.02. The standard InChI is InChI=1S/3C6H5.C5H6N2S.Sn/c3*1-2-4-6-5-3-1;1-4-2-3-6-5(8)7-4;/h3*1-5H;2-3H,1H3,(H,6,7,8);/q;;;;+1/p-1. The van der Waals surface area contributed by atoms with Crippen molar-refractivity contribution in [2.75, 3.05) is 0 Å². The molecule has 4 heteroatoms. The number of rotatable bonds is 5. The molecule has 3 aromatic carbocycles. The summed E-state index contributed by atoms with van der Waals surface area (Å²) >= 11 is -3.40. The third-order valence-electron chi connectivity index (χ3n) is 4.56. The average molecular weight is 475 g/mol. The van der Waals surface area contributed by atoms with Gasteiger partial charge >= 0.3 is 168 Å². The van der Waals surface area contributed by atoms with E-state index in [9.17, 15) is 0 Å². The van der Waals surface area contributed by atoms with E-state index in [2.05, 4.69) is 96.0 Å². The molecule has 0 unspecified atom stereocenters. The molecule has 1 aromatic heterocycles. The molecule has 4 aromatic rings. The van der Waals surface area contributed by atoms with Gasteiger partial charge in [0.15, 0.2) is 0 Å². The van der Waals surface area contributed by atoms with E-state index < -0.39 is 17.0 Å². The van der Waals surface area contributed by atoms with Gasteiger partial charge in [-0.05, 0) is 0 Å². The molecular weight excluding hydrogens is 455 g/mol. The summed E-state index contributed by atoms with van der Waals surface area (Å²) < 4.78 is 4.25. The van der Waals surface area contributed by atoms with Crippen molar-refractivity contribution >= 4 is 36.7 Å². The summed E-state index contributed by atoms with van der Waals surface area (Å²) in [5.41, 5.74) is 1.00. The van der Waals surface area contributed by atoms with E-state index in [0.717, 1.165) is 10.9 Å². The molecule has 1 heterocycles. The van der Waals surface area contributed by atoms with Gasteiger partial charge in [0.05, 0.1) is 0 Å². The van der Waals surface area contributed by atoms with Crippen LogP contribution in [0, 0.1) is 6.92 Å². The predicted octanol–water partition coefficient (Wildman–Crippen LogP) is 3.54. The zero-order valence-corrected chi connectivity index (χ0v) is 18.8. The van der Waals surface area contributed by atoms with Crippen LogP contribution in [0.4, 0.5) is 0 Å². The van der Waals surface area contributed by atoms with Crippen molar-refractivity contribution in [3.8, 4) is 0 Å². The molecule has 0 saturated carbocycles. The van der Waals surface area contributed by atoms with Crippen LogP contribution in [-0.4, -0.2) is 27.0 Å². The van der Waals surface area contributed by atoms with Gasteiger partial charge in [-0.3, -0.25) is 0 Å². The van der Waals surface area contributed by atoms with Crippen molar-refractivity contribution in [3.05, 3.63) is 109 Å². The second-order valence-corrected chi connectivity index (χ2v) is 21.6. The van der Waals surface area contributed by atoms with Crippen LogP contribution >= 0.6 is 8.95 Å². The van der Waals surface area contributed by atoms with Crippen LogP contribution in [0.15, 0.2) is 108 Å². The molecular formula is C23H20N2SSn. The van der Waals surface area contributed by atoms with Gasteiger partial charge in [-0.1, -0.05) is 0 Å². The van der Waals surface area contributed by atoms with Crippen molar-refractivity contribution < 1.29 is 0 Å². The Morgan fingerprint density at radius 2 is 1.07 bits per heavy atom. The molecule has 0 saturated heterocycles.